The van der Waals surface area contributed by atoms with E-state index in [4.69, 9.17) is 5.73 Å². The topological polar surface area (TPSA) is 38.0 Å². The molecule has 1 aliphatic rings. The van der Waals surface area contributed by atoms with Gasteiger partial charge in [-0.3, -0.25) is 0 Å². The molecule has 2 rings (SSSR count). The van der Waals surface area contributed by atoms with E-state index in [0.717, 1.165) is 13.1 Å². The summed E-state index contributed by atoms with van der Waals surface area (Å²) in [4.78, 5) is 0. The van der Waals surface area contributed by atoms with Crippen LogP contribution in [-0.4, -0.2) is 13.1 Å². The molecular formula is C17H28N2. The minimum absolute atomic E-state index is 0.130. The Hall–Kier alpha value is -0.860. The summed E-state index contributed by atoms with van der Waals surface area (Å²) < 4.78 is 0. The summed E-state index contributed by atoms with van der Waals surface area (Å²) in [7, 11) is 0. The number of hydrogen-bond donors (Lipinski definition) is 2. The highest BCUT2D eigenvalue weighted by atomic mass is 14.9. The van der Waals surface area contributed by atoms with E-state index in [9.17, 15) is 0 Å². The van der Waals surface area contributed by atoms with E-state index in [-0.39, 0.29) is 6.04 Å². The summed E-state index contributed by atoms with van der Waals surface area (Å²) in [6.45, 7) is 6.79. The SMILES string of the molecule is CC(CNCC1(C)CCCC1)C(N)c1ccccc1. The maximum Gasteiger partial charge on any atom is 0.0333 e. The van der Waals surface area contributed by atoms with Gasteiger partial charge < -0.3 is 11.1 Å². The van der Waals surface area contributed by atoms with Crippen molar-refractivity contribution in [2.24, 2.45) is 17.1 Å². The highest BCUT2D eigenvalue weighted by molar-refractivity contribution is 5.19. The molecule has 1 aromatic rings. The largest absolute Gasteiger partial charge is 0.324 e. The highest BCUT2D eigenvalue weighted by Crippen LogP contribution is 2.36. The molecule has 106 valence electrons. The standard InChI is InChI=1S/C17H28N2/c1-14(16(18)15-8-4-3-5-9-15)12-19-13-17(2)10-6-7-11-17/h3-5,8-9,14,16,19H,6-7,10-13,18H2,1-2H3. The molecule has 0 aromatic heterocycles. The van der Waals surface area contributed by atoms with Gasteiger partial charge in [0.2, 0.25) is 0 Å². The van der Waals surface area contributed by atoms with E-state index in [2.05, 4.69) is 43.4 Å². The Kier molecular flexibility index (Phi) is 5.00. The number of hydrogen-bond acceptors (Lipinski definition) is 2. The van der Waals surface area contributed by atoms with Crippen molar-refractivity contribution in [2.75, 3.05) is 13.1 Å². The third-order valence-electron chi connectivity index (χ3n) is 4.63. The molecule has 1 aliphatic carbocycles. The first-order valence-corrected chi connectivity index (χ1v) is 7.62. The summed E-state index contributed by atoms with van der Waals surface area (Å²) in [5.74, 6) is 0.465. The van der Waals surface area contributed by atoms with E-state index in [1.807, 2.05) is 6.07 Å². The fraction of sp³-hybridized carbons (Fsp3) is 0.647. The lowest BCUT2D eigenvalue weighted by Gasteiger charge is -2.26. The first kappa shape index (κ1) is 14.5. The van der Waals surface area contributed by atoms with E-state index >= 15 is 0 Å². The molecule has 1 aromatic carbocycles. The van der Waals surface area contributed by atoms with Gasteiger partial charge in [-0.15, -0.1) is 0 Å². The van der Waals surface area contributed by atoms with Gasteiger partial charge in [0.15, 0.2) is 0 Å². The predicted molar refractivity (Wildman–Crippen MR) is 82.0 cm³/mol. The Balaban J connectivity index is 1.76. The molecule has 2 nitrogen and oxygen atoms in total. The Morgan fingerprint density at radius 3 is 2.47 bits per heavy atom. The first-order valence-electron chi connectivity index (χ1n) is 7.62. The fourth-order valence-electron chi connectivity index (χ4n) is 3.14. The Morgan fingerprint density at radius 2 is 1.84 bits per heavy atom. The Bertz CT molecular complexity index is 368. The molecule has 0 radical (unpaired) electrons. The summed E-state index contributed by atoms with van der Waals surface area (Å²) in [5.41, 5.74) is 8.09. The van der Waals surface area contributed by atoms with Crippen molar-refractivity contribution in [1.29, 1.82) is 0 Å². The lowest BCUT2D eigenvalue weighted by Crippen LogP contribution is -2.35. The number of nitrogens with one attached hydrogen (secondary N) is 1. The van der Waals surface area contributed by atoms with Gasteiger partial charge >= 0.3 is 0 Å². The third kappa shape index (κ3) is 4.05. The molecule has 2 heteroatoms. The zero-order valence-electron chi connectivity index (χ0n) is 12.4. The van der Waals surface area contributed by atoms with Gasteiger partial charge in [-0.2, -0.15) is 0 Å². The van der Waals surface area contributed by atoms with Crippen LogP contribution in [-0.2, 0) is 0 Å². The second kappa shape index (κ2) is 6.53. The molecule has 0 bridgehead atoms. The van der Waals surface area contributed by atoms with Crippen LogP contribution in [0.25, 0.3) is 0 Å². The normalized spacial score (nSPS) is 21.2. The number of benzene rings is 1. The number of nitrogens with two attached hydrogens (primary N) is 1. The minimum Gasteiger partial charge on any atom is -0.324 e. The van der Waals surface area contributed by atoms with E-state index in [1.165, 1.54) is 31.2 Å². The third-order valence-corrected chi connectivity index (χ3v) is 4.63. The van der Waals surface area contributed by atoms with Crippen molar-refractivity contribution in [2.45, 2.75) is 45.6 Å². The molecule has 1 fully saturated rings. The molecule has 0 heterocycles. The van der Waals surface area contributed by atoms with E-state index < -0.39 is 0 Å². The summed E-state index contributed by atoms with van der Waals surface area (Å²) in [6, 6.07) is 10.5. The van der Waals surface area contributed by atoms with Crippen LogP contribution in [0.1, 0.15) is 51.1 Å². The zero-order valence-corrected chi connectivity index (χ0v) is 12.4. The fourth-order valence-corrected chi connectivity index (χ4v) is 3.14. The molecule has 0 saturated heterocycles. The molecule has 3 N–H and O–H groups in total. The average Bonchev–Trinajstić information content (AvgIpc) is 2.86. The van der Waals surface area contributed by atoms with E-state index in [1.54, 1.807) is 0 Å². The maximum absolute atomic E-state index is 6.33. The minimum atomic E-state index is 0.130. The van der Waals surface area contributed by atoms with Crippen molar-refractivity contribution in [3.63, 3.8) is 0 Å². The Morgan fingerprint density at radius 1 is 1.21 bits per heavy atom. The summed E-state index contributed by atoms with van der Waals surface area (Å²) >= 11 is 0. The van der Waals surface area contributed by atoms with Crippen LogP contribution in [0.15, 0.2) is 30.3 Å². The quantitative estimate of drug-likeness (QED) is 0.821. The van der Waals surface area contributed by atoms with Gasteiger partial charge in [-0.25, -0.2) is 0 Å². The number of rotatable bonds is 6. The molecule has 0 amide bonds. The van der Waals surface area contributed by atoms with Crippen molar-refractivity contribution in [3.8, 4) is 0 Å². The van der Waals surface area contributed by atoms with Crippen LogP contribution in [0.4, 0.5) is 0 Å². The van der Waals surface area contributed by atoms with Crippen molar-refractivity contribution in [1.82, 2.24) is 5.32 Å². The van der Waals surface area contributed by atoms with Gasteiger partial charge in [0, 0.05) is 12.6 Å². The molecular weight excluding hydrogens is 232 g/mol. The van der Waals surface area contributed by atoms with Crippen LogP contribution in [0.2, 0.25) is 0 Å². The molecule has 2 atom stereocenters. The highest BCUT2D eigenvalue weighted by Gasteiger charge is 2.28. The molecule has 0 spiro atoms. The van der Waals surface area contributed by atoms with Crippen LogP contribution in [0, 0.1) is 11.3 Å². The lowest BCUT2D eigenvalue weighted by atomic mass is 9.88. The molecule has 0 aliphatic heterocycles. The van der Waals surface area contributed by atoms with Crippen molar-refractivity contribution < 1.29 is 0 Å². The van der Waals surface area contributed by atoms with E-state index in [0.29, 0.717) is 11.3 Å². The second-order valence-electron chi connectivity index (χ2n) is 6.56. The smallest absolute Gasteiger partial charge is 0.0333 e. The second-order valence-corrected chi connectivity index (χ2v) is 6.56. The van der Waals surface area contributed by atoms with Gasteiger partial charge in [0.05, 0.1) is 0 Å². The van der Waals surface area contributed by atoms with Crippen molar-refractivity contribution in [3.05, 3.63) is 35.9 Å². The lowest BCUT2D eigenvalue weighted by molar-refractivity contribution is 0.300. The monoisotopic (exact) mass is 260 g/mol. The van der Waals surface area contributed by atoms with Crippen LogP contribution >= 0.6 is 0 Å². The summed E-state index contributed by atoms with van der Waals surface area (Å²) in [5, 5.41) is 3.64. The molecule has 2 unspecified atom stereocenters. The zero-order chi connectivity index (χ0) is 13.7. The average molecular weight is 260 g/mol. The maximum atomic E-state index is 6.33. The van der Waals surface area contributed by atoms with Gasteiger partial charge in [-0.05, 0) is 36.3 Å². The van der Waals surface area contributed by atoms with Gasteiger partial charge in [0.25, 0.3) is 0 Å². The van der Waals surface area contributed by atoms with Crippen LogP contribution in [0.5, 0.6) is 0 Å². The predicted octanol–water partition coefficient (Wildman–Crippen LogP) is 3.49. The van der Waals surface area contributed by atoms with Crippen LogP contribution < -0.4 is 11.1 Å². The van der Waals surface area contributed by atoms with Crippen molar-refractivity contribution >= 4 is 0 Å². The summed E-state index contributed by atoms with van der Waals surface area (Å²) in [6.07, 6.45) is 5.55. The first-order chi connectivity index (χ1) is 9.11. The van der Waals surface area contributed by atoms with Gasteiger partial charge in [0.1, 0.15) is 0 Å². The van der Waals surface area contributed by atoms with Gasteiger partial charge in [-0.1, -0.05) is 57.0 Å². The molecule has 1 saturated carbocycles. The Labute approximate surface area is 117 Å². The van der Waals surface area contributed by atoms with Crippen LogP contribution in [0.3, 0.4) is 0 Å². The molecule has 19 heavy (non-hydrogen) atoms.